The van der Waals surface area contributed by atoms with Crippen LogP contribution < -0.4 is 5.32 Å². The molecule has 2 atom stereocenters. The van der Waals surface area contributed by atoms with Gasteiger partial charge in [-0.15, -0.1) is 12.4 Å². The average molecular weight is 327 g/mol. The number of halogens is 1. The molecule has 5 nitrogen and oxygen atoms in total. The molecule has 2 fully saturated rings. The Kier molecular flexibility index (Phi) is 4.59. The molecule has 0 aromatic carbocycles. The van der Waals surface area contributed by atoms with Crippen molar-refractivity contribution in [2.45, 2.75) is 13.0 Å². The third kappa shape index (κ3) is 3.13. The second-order valence-corrected chi connectivity index (χ2v) is 6.51. The molecule has 4 rings (SSSR count). The zero-order chi connectivity index (χ0) is 13.4. The molecule has 0 saturated carbocycles. The van der Waals surface area contributed by atoms with Crippen molar-refractivity contribution in [2.75, 3.05) is 26.2 Å². The van der Waals surface area contributed by atoms with Gasteiger partial charge >= 0.3 is 0 Å². The van der Waals surface area contributed by atoms with Crippen LogP contribution in [-0.4, -0.2) is 41.2 Å². The van der Waals surface area contributed by atoms with E-state index in [0.29, 0.717) is 5.82 Å². The molecule has 0 aliphatic carbocycles. The van der Waals surface area contributed by atoms with E-state index in [4.69, 9.17) is 4.52 Å². The molecule has 0 radical (unpaired) electrons. The molecule has 114 valence electrons. The number of likely N-dealkylation sites (tertiary alicyclic amines) is 1. The molecule has 2 aromatic rings. The predicted octanol–water partition coefficient (Wildman–Crippen LogP) is 2.26. The van der Waals surface area contributed by atoms with Crippen LogP contribution in [0.3, 0.4) is 0 Å². The first kappa shape index (κ1) is 15.0. The Morgan fingerprint density at radius 2 is 2.29 bits per heavy atom. The topological polar surface area (TPSA) is 54.2 Å². The van der Waals surface area contributed by atoms with Gasteiger partial charge in [-0.05, 0) is 49.3 Å². The molecule has 1 N–H and O–H groups in total. The average Bonchev–Trinajstić information content (AvgIpc) is 3.19. The first-order valence-electron chi connectivity index (χ1n) is 7.17. The second-order valence-electron chi connectivity index (χ2n) is 5.73. The zero-order valence-corrected chi connectivity index (χ0v) is 13.3. The maximum Gasteiger partial charge on any atom is 0.241 e. The summed E-state index contributed by atoms with van der Waals surface area (Å²) in [4.78, 5) is 6.95. The Balaban J connectivity index is 0.00000132. The number of hydrogen-bond acceptors (Lipinski definition) is 6. The molecule has 21 heavy (non-hydrogen) atoms. The van der Waals surface area contributed by atoms with E-state index in [1.807, 2.05) is 16.8 Å². The molecule has 2 saturated heterocycles. The first-order chi connectivity index (χ1) is 9.88. The lowest BCUT2D eigenvalue weighted by Crippen LogP contribution is -2.39. The van der Waals surface area contributed by atoms with Gasteiger partial charge in [-0.2, -0.15) is 16.3 Å². The smallest absolute Gasteiger partial charge is 0.241 e. The Labute approximate surface area is 134 Å². The minimum Gasteiger partial charge on any atom is -0.338 e. The Morgan fingerprint density at radius 1 is 1.38 bits per heavy atom. The van der Waals surface area contributed by atoms with E-state index in [1.54, 1.807) is 11.3 Å². The maximum atomic E-state index is 5.39. The Bertz CT molecular complexity index is 573. The molecule has 0 spiro atoms. The van der Waals surface area contributed by atoms with E-state index in [0.717, 1.165) is 49.5 Å². The maximum absolute atomic E-state index is 5.39. The number of fused-ring (bicyclic) bond motifs is 1. The highest BCUT2D eigenvalue weighted by atomic mass is 35.5. The van der Waals surface area contributed by atoms with Gasteiger partial charge in [0.2, 0.25) is 11.7 Å². The molecule has 0 bridgehead atoms. The first-order valence-corrected chi connectivity index (χ1v) is 8.11. The van der Waals surface area contributed by atoms with Gasteiger partial charge in [0.25, 0.3) is 0 Å². The quantitative estimate of drug-likeness (QED) is 0.937. The lowest BCUT2D eigenvalue weighted by molar-refractivity contribution is 0.128. The van der Waals surface area contributed by atoms with Gasteiger partial charge in [-0.25, -0.2) is 0 Å². The van der Waals surface area contributed by atoms with Crippen LogP contribution in [0.25, 0.3) is 11.4 Å². The van der Waals surface area contributed by atoms with Crippen LogP contribution in [0.1, 0.15) is 12.3 Å². The molecule has 2 aliphatic rings. The van der Waals surface area contributed by atoms with E-state index >= 15 is 0 Å². The lowest BCUT2D eigenvalue weighted by atomic mass is 9.89. The molecule has 2 aliphatic heterocycles. The van der Waals surface area contributed by atoms with Gasteiger partial charge in [-0.3, -0.25) is 4.90 Å². The summed E-state index contributed by atoms with van der Waals surface area (Å²) in [5, 5.41) is 11.6. The van der Waals surface area contributed by atoms with Crippen molar-refractivity contribution in [3.8, 4) is 11.4 Å². The van der Waals surface area contributed by atoms with Crippen molar-refractivity contribution >= 4 is 23.7 Å². The Hall–Kier alpha value is -0.950. The summed E-state index contributed by atoms with van der Waals surface area (Å²) in [7, 11) is 0. The van der Waals surface area contributed by atoms with E-state index in [-0.39, 0.29) is 12.4 Å². The number of hydrogen-bond donors (Lipinski definition) is 1. The highest BCUT2D eigenvalue weighted by molar-refractivity contribution is 7.08. The molecule has 0 amide bonds. The molecule has 2 aromatic heterocycles. The number of thiophene rings is 1. The van der Waals surface area contributed by atoms with Crippen molar-refractivity contribution in [3.63, 3.8) is 0 Å². The summed E-state index contributed by atoms with van der Waals surface area (Å²) >= 11 is 1.65. The number of nitrogens with one attached hydrogen (secondary N) is 1. The molecule has 2 unspecified atom stereocenters. The van der Waals surface area contributed by atoms with Crippen molar-refractivity contribution in [3.05, 3.63) is 22.7 Å². The third-order valence-electron chi connectivity index (χ3n) is 4.39. The van der Waals surface area contributed by atoms with Crippen LogP contribution in [0, 0.1) is 11.8 Å². The predicted molar refractivity (Wildman–Crippen MR) is 84.6 cm³/mol. The summed E-state index contributed by atoms with van der Waals surface area (Å²) < 4.78 is 5.39. The molecular weight excluding hydrogens is 308 g/mol. The number of aromatic nitrogens is 2. The molecule has 7 heteroatoms. The molecule has 4 heterocycles. The lowest BCUT2D eigenvalue weighted by Gasteiger charge is -2.33. The second kappa shape index (κ2) is 6.44. The fraction of sp³-hybridized carbons (Fsp3) is 0.571. The molecular formula is C14H19ClN4OS. The van der Waals surface area contributed by atoms with Crippen LogP contribution in [0.2, 0.25) is 0 Å². The third-order valence-corrected chi connectivity index (χ3v) is 5.08. The van der Waals surface area contributed by atoms with Crippen molar-refractivity contribution in [1.29, 1.82) is 0 Å². The van der Waals surface area contributed by atoms with Crippen LogP contribution in [0.15, 0.2) is 21.3 Å². The van der Waals surface area contributed by atoms with Crippen LogP contribution in [0.5, 0.6) is 0 Å². The van der Waals surface area contributed by atoms with Gasteiger partial charge in [0.15, 0.2) is 0 Å². The normalized spacial score (nSPS) is 25.5. The van der Waals surface area contributed by atoms with Crippen molar-refractivity contribution in [1.82, 2.24) is 20.4 Å². The highest BCUT2D eigenvalue weighted by Gasteiger charge is 2.33. The standard InChI is InChI=1S/C14H18N4OS.ClH/c1-3-18(7-12-6-15-5-10(1)12)8-13-16-14(17-19-13)11-2-4-20-9-11;/h2,4,9-10,12,15H,1,3,5-8H2;1H. The van der Waals surface area contributed by atoms with Crippen molar-refractivity contribution < 1.29 is 4.52 Å². The van der Waals surface area contributed by atoms with Gasteiger partial charge in [-0.1, -0.05) is 5.16 Å². The summed E-state index contributed by atoms with van der Waals surface area (Å²) in [6.07, 6.45) is 1.28. The van der Waals surface area contributed by atoms with Crippen LogP contribution in [-0.2, 0) is 6.54 Å². The fourth-order valence-electron chi connectivity index (χ4n) is 3.27. The zero-order valence-electron chi connectivity index (χ0n) is 11.7. The minimum atomic E-state index is 0. The number of nitrogens with zero attached hydrogens (tertiary/aromatic N) is 3. The Morgan fingerprint density at radius 3 is 3.14 bits per heavy atom. The summed E-state index contributed by atoms with van der Waals surface area (Å²) in [5.41, 5.74) is 1.05. The SMILES string of the molecule is Cl.c1cc(-c2noc(CN3CCC4CNCC4C3)n2)cs1. The minimum absolute atomic E-state index is 0. The summed E-state index contributed by atoms with van der Waals surface area (Å²) in [5.74, 6) is 3.10. The monoisotopic (exact) mass is 326 g/mol. The van der Waals surface area contributed by atoms with Crippen LogP contribution in [0.4, 0.5) is 0 Å². The fourth-order valence-corrected chi connectivity index (χ4v) is 3.91. The largest absolute Gasteiger partial charge is 0.338 e. The van der Waals surface area contributed by atoms with E-state index in [1.165, 1.54) is 13.0 Å². The number of piperidine rings is 1. The highest BCUT2D eigenvalue weighted by Crippen LogP contribution is 2.27. The van der Waals surface area contributed by atoms with E-state index in [2.05, 4.69) is 20.4 Å². The van der Waals surface area contributed by atoms with Gasteiger partial charge < -0.3 is 9.84 Å². The van der Waals surface area contributed by atoms with Crippen LogP contribution >= 0.6 is 23.7 Å². The summed E-state index contributed by atoms with van der Waals surface area (Å²) in [6, 6.07) is 2.02. The summed E-state index contributed by atoms with van der Waals surface area (Å²) in [6.45, 7) is 5.42. The van der Waals surface area contributed by atoms with Gasteiger partial charge in [0, 0.05) is 17.5 Å². The van der Waals surface area contributed by atoms with Crippen molar-refractivity contribution in [2.24, 2.45) is 11.8 Å². The van der Waals surface area contributed by atoms with E-state index < -0.39 is 0 Å². The van der Waals surface area contributed by atoms with Gasteiger partial charge in [0.05, 0.1) is 6.54 Å². The number of rotatable bonds is 3. The van der Waals surface area contributed by atoms with E-state index in [9.17, 15) is 0 Å². The van der Waals surface area contributed by atoms with Gasteiger partial charge in [0.1, 0.15) is 0 Å².